The van der Waals surface area contributed by atoms with Gasteiger partial charge in [-0.3, -0.25) is 0 Å². The number of hydrogen-bond acceptors (Lipinski definition) is 4. The zero-order valence-corrected chi connectivity index (χ0v) is 11.7. The maximum Gasteiger partial charge on any atom is 0.203 e. The van der Waals surface area contributed by atoms with Gasteiger partial charge in [0.05, 0.1) is 27.4 Å². The zero-order valence-electron chi connectivity index (χ0n) is 11.7. The number of aliphatic hydroxyl groups is 1. The number of methoxy groups -OCH3 is 3. The van der Waals surface area contributed by atoms with Crippen LogP contribution in [0.3, 0.4) is 0 Å². The molecule has 0 aromatic heterocycles. The highest BCUT2D eigenvalue weighted by atomic mass is 16.5. The molecule has 0 aliphatic heterocycles. The minimum absolute atomic E-state index is 0.416. The standard InChI is InChI=1S/C14H22O4/c1-9(2)6-11(15)10-7-12(16-3)14(18-5)13(8-10)17-4/h7-9,11,15H,6H2,1-5H3. The van der Waals surface area contributed by atoms with Crippen LogP contribution in [0.25, 0.3) is 0 Å². The third-order valence-electron chi connectivity index (χ3n) is 2.77. The van der Waals surface area contributed by atoms with Crippen molar-refractivity contribution >= 4 is 0 Å². The Bertz CT molecular complexity index is 362. The first-order valence-corrected chi connectivity index (χ1v) is 6.01. The monoisotopic (exact) mass is 254 g/mol. The molecule has 0 aliphatic rings. The quantitative estimate of drug-likeness (QED) is 0.848. The number of aliphatic hydroxyl groups excluding tert-OH is 1. The molecular formula is C14H22O4. The van der Waals surface area contributed by atoms with E-state index in [2.05, 4.69) is 13.8 Å². The van der Waals surface area contributed by atoms with Gasteiger partial charge in [-0.2, -0.15) is 0 Å². The van der Waals surface area contributed by atoms with E-state index in [-0.39, 0.29) is 0 Å². The van der Waals surface area contributed by atoms with Crippen molar-refractivity contribution in [2.45, 2.75) is 26.4 Å². The highest BCUT2D eigenvalue weighted by molar-refractivity contribution is 5.54. The summed E-state index contributed by atoms with van der Waals surface area (Å²) in [4.78, 5) is 0. The predicted molar refractivity (Wildman–Crippen MR) is 70.5 cm³/mol. The first kappa shape index (κ1) is 14.6. The van der Waals surface area contributed by atoms with Crippen molar-refractivity contribution in [2.24, 2.45) is 5.92 Å². The first-order valence-electron chi connectivity index (χ1n) is 6.01. The van der Waals surface area contributed by atoms with E-state index in [1.54, 1.807) is 33.5 Å². The van der Waals surface area contributed by atoms with Crippen LogP contribution in [-0.4, -0.2) is 26.4 Å². The SMILES string of the molecule is COc1cc(C(O)CC(C)C)cc(OC)c1OC. The Labute approximate surface area is 108 Å². The van der Waals surface area contributed by atoms with E-state index in [9.17, 15) is 5.11 Å². The average molecular weight is 254 g/mol. The number of rotatable bonds is 6. The molecule has 4 heteroatoms. The van der Waals surface area contributed by atoms with Crippen LogP contribution < -0.4 is 14.2 Å². The summed E-state index contributed by atoms with van der Waals surface area (Å²) in [6, 6.07) is 3.57. The van der Waals surface area contributed by atoms with E-state index in [0.29, 0.717) is 29.6 Å². The van der Waals surface area contributed by atoms with E-state index in [4.69, 9.17) is 14.2 Å². The van der Waals surface area contributed by atoms with Crippen molar-refractivity contribution in [1.82, 2.24) is 0 Å². The lowest BCUT2D eigenvalue weighted by Gasteiger charge is -2.18. The fraction of sp³-hybridized carbons (Fsp3) is 0.571. The fourth-order valence-corrected chi connectivity index (χ4v) is 1.88. The highest BCUT2D eigenvalue weighted by Crippen LogP contribution is 2.40. The third-order valence-corrected chi connectivity index (χ3v) is 2.77. The van der Waals surface area contributed by atoms with Crippen LogP contribution in [0.5, 0.6) is 17.2 Å². The second-order valence-corrected chi connectivity index (χ2v) is 4.60. The Kier molecular flexibility index (Phi) is 5.28. The van der Waals surface area contributed by atoms with Gasteiger partial charge in [0.25, 0.3) is 0 Å². The topological polar surface area (TPSA) is 47.9 Å². The van der Waals surface area contributed by atoms with Gasteiger partial charge in [-0.05, 0) is 30.0 Å². The molecular weight excluding hydrogens is 232 g/mol. The van der Waals surface area contributed by atoms with Crippen molar-refractivity contribution in [2.75, 3.05) is 21.3 Å². The summed E-state index contributed by atoms with van der Waals surface area (Å²) in [6.07, 6.45) is 0.164. The number of hydrogen-bond donors (Lipinski definition) is 1. The van der Waals surface area contributed by atoms with Gasteiger partial charge >= 0.3 is 0 Å². The molecule has 4 nitrogen and oxygen atoms in total. The van der Waals surface area contributed by atoms with E-state index >= 15 is 0 Å². The van der Waals surface area contributed by atoms with Crippen LogP contribution in [0, 0.1) is 5.92 Å². The smallest absolute Gasteiger partial charge is 0.203 e. The molecule has 0 heterocycles. The molecule has 18 heavy (non-hydrogen) atoms. The molecule has 0 radical (unpaired) electrons. The molecule has 0 spiro atoms. The van der Waals surface area contributed by atoms with Crippen LogP contribution in [0.2, 0.25) is 0 Å². The van der Waals surface area contributed by atoms with Crippen molar-refractivity contribution in [3.8, 4) is 17.2 Å². The summed E-state index contributed by atoms with van der Waals surface area (Å²) in [5.74, 6) is 2.09. The van der Waals surface area contributed by atoms with Gasteiger partial charge in [-0.15, -0.1) is 0 Å². The van der Waals surface area contributed by atoms with Gasteiger partial charge in [0.2, 0.25) is 5.75 Å². The second-order valence-electron chi connectivity index (χ2n) is 4.60. The molecule has 0 fully saturated rings. The minimum Gasteiger partial charge on any atom is -0.493 e. The van der Waals surface area contributed by atoms with Gasteiger partial charge in [0.15, 0.2) is 11.5 Å². The zero-order chi connectivity index (χ0) is 13.7. The Morgan fingerprint density at radius 3 is 1.83 bits per heavy atom. The van der Waals surface area contributed by atoms with Crippen molar-refractivity contribution < 1.29 is 19.3 Å². The molecule has 0 aliphatic carbocycles. The summed E-state index contributed by atoms with van der Waals surface area (Å²) in [6.45, 7) is 4.14. The maximum absolute atomic E-state index is 10.1. The van der Waals surface area contributed by atoms with Crippen LogP contribution >= 0.6 is 0 Å². The average Bonchev–Trinajstić information content (AvgIpc) is 2.35. The summed E-state index contributed by atoms with van der Waals surface area (Å²) in [7, 11) is 4.69. The van der Waals surface area contributed by atoms with Crippen LogP contribution in [-0.2, 0) is 0 Å². The number of ether oxygens (including phenoxy) is 3. The molecule has 102 valence electrons. The van der Waals surface area contributed by atoms with E-state index in [1.165, 1.54) is 0 Å². The molecule has 1 atom stereocenters. The van der Waals surface area contributed by atoms with E-state index < -0.39 is 6.10 Å². The lowest BCUT2D eigenvalue weighted by atomic mass is 9.99. The van der Waals surface area contributed by atoms with Gasteiger partial charge < -0.3 is 19.3 Å². The Hall–Kier alpha value is -1.42. The van der Waals surface area contributed by atoms with Crippen LogP contribution in [0.1, 0.15) is 31.9 Å². The molecule has 0 saturated heterocycles. The largest absolute Gasteiger partial charge is 0.493 e. The van der Waals surface area contributed by atoms with E-state index in [0.717, 1.165) is 5.56 Å². The van der Waals surface area contributed by atoms with Crippen molar-refractivity contribution in [1.29, 1.82) is 0 Å². The predicted octanol–water partition coefficient (Wildman–Crippen LogP) is 2.79. The second kappa shape index (κ2) is 6.50. The molecule has 1 aromatic rings. The number of benzene rings is 1. The Morgan fingerprint density at radius 2 is 1.50 bits per heavy atom. The highest BCUT2D eigenvalue weighted by Gasteiger charge is 2.17. The van der Waals surface area contributed by atoms with Crippen molar-refractivity contribution in [3.63, 3.8) is 0 Å². The van der Waals surface area contributed by atoms with Crippen LogP contribution in [0.15, 0.2) is 12.1 Å². The molecule has 0 amide bonds. The molecule has 1 aromatic carbocycles. The normalized spacial score (nSPS) is 12.4. The summed E-state index contributed by atoms with van der Waals surface area (Å²) >= 11 is 0. The molecule has 1 N–H and O–H groups in total. The summed E-state index contributed by atoms with van der Waals surface area (Å²) in [5, 5.41) is 10.1. The molecule has 0 bridgehead atoms. The molecule has 0 saturated carbocycles. The summed E-state index contributed by atoms with van der Waals surface area (Å²) < 4.78 is 15.8. The Morgan fingerprint density at radius 1 is 1.00 bits per heavy atom. The lowest BCUT2D eigenvalue weighted by molar-refractivity contribution is 0.150. The minimum atomic E-state index is -0.529. The van der Waals surface area contributed by atoms with Gasteiger partial charge in [-0.1, -0.05) is 13.8 Å². The first-order chi connectivity index (χ1) is 8.53. The van der Waals surface area contributed by atoms with E-state index in [1.807, 2.05) is 0 Å². The Balaban J connectivity index is 3.14. The fourth-order valence-electron chi connectivity index (χ4n) is 1.88. The lowest BCUT2D eigenvalue weighted by Crippen LogP contribution is -2.04. The third kappa shape index (κ3) is 3.29. The van der Waals surface area contributed by atoms with Crippen LogP contribution in [0.4, 0.5) is 0 Å². The van der Waals surface area contributed by atoms with Gasteiger partial charge in [0, 0.05) is 0 Å². The molecule has 1 unspecified atom stereocenters. The van der Waals surface area contributed by atoms with Crippen molar-refractivity contribution in [3.05, 3.63) is 17.7 Å². The maximum atomic E-state index is 10.1. The van der Waals surface area contributed by atoms with Gasteiger partial charge in [-0.25, -0.2) is 0 Å². The summed E-state index contributed by atoms with van der Waals surface area (Å²) in [5.41, 5.74) is 0.776. The van der Waals surface area contributed by atoms with Gasteiger partial charge in [0.1, 0.15) is 0 Å². The molecule has 1 rings (SSSR count).